The molecule has 0 aromatic heterocycles. The number of aliphatic carboxylic acids is 1. The van der Waals surface area contributed by atoms with Crippen LogP contribution in [-0.4, -0.2) is 28.8 Å². The molecule has 0 saturated heterocycles. The first-order valence-electron chi connectivity index (χ1n) is 10.8. The van der Waals surface area contributed by atoms with Gasteiger partial charge in [0.25, 0.3) is 0 Å². The minimum Gasteiger partial charge on any atom is -0.478 e. The Bertz CT molecular complexity index is 1030. The molecule has 172 valence electrons. The van der Waals surface area contributed by atoms with E-state index in [1.54, 1.807) is 12.1 Å². The highest BCUT2D eigenvalue weighted by atomic mass is 16.5. The van der Waals surface area contributed by atoms with Crippen molar-refractivity contribution in [3.63, 3.8) is 0 Å². The Kier molecular flexibility index (Phi) is 8.08. The summed E-state index contributed by atoms with van der Waals surface area (Å²) in [5, 5.41) is 12.2. The van der Waals surface area contributed by atoms with Gasteiger partial charge >= 0.3 is 12.1 Å². The maximum absolute atomic E-state index is 12.5. The van der Waals surface area contributed by atoms with Gasteiger partial charge in [0.15, 0.2) is 5.60 Å². The van der Waals surface area contributed by atoms with E-state index in [4.69, 9.17) is 9.47 Å². The van der Waals surface area contributed by atoms with Crippen LogP contribution < -0.4 is 10.1 Å². The van der Waals surface area contributed by atoms with Crippen molar-refractivity contribution < 1.29 is 24.2 Å². The van der Waals surface area contributed by atoms with Crippen molar-refractivity contribution >= 4 is 12.1 Å². The summed E-state index contributed by atoms with van der Waals surface area (Å²) >= 11 is 0. The second kappa shape index (κ2) is 11.2. The summed E-state index contributed by atoms with van der Waals surface area (Å²) in [6.45, 7) is 3.21. The maximum Gasteiger partial charge on any atom is 0.407 e. The number of benzene rings is 3. The maximum atomic E-state index is 12.5. The van der Waals surface area contributed by atoms with Crippen LogP contribution in [0.5, 0.6) is 5.75 Å². The molecule has 6 nitrogen and oxygen atoms in total. The molecule has 0 aliphatic rings. The van der Waals surface area contributed by atoms with E-state index in [1.165, 1.54) is 13.8 Å². The summed E-state index contributed by atoms with van der Waals surface area (Å²) in [4.78, 5) is 23.8. The smallest absolute Gasteiger partial charge is 0.407 e. The van der Waals surface area contributed by atoms with Crippen molar-refractivity contribution in [3.05, 3.63) is 102 Å². The highest BCUT2D eigenvalue weighted by Gasteiger charge is 2.29. The van der Waals surface area contributed by atoms with Crippen LogP contribution in [0.3, 0.4) is 0 Å². The molecule has 1 atom stereocenters. The molecule has 1 unspecified atom stereocenters. The van der Waals surface area contributed by atoms with Gasteiger partial charge in [-0.2, -0.15) is 0 Å². The van der Waals surface area contributed by atoms with Crippen LogP contribution in [0.1, 0.15) is 30.5 Å². The normalized spacial score (nSPS) is 11.9. The van der Waals surface area contributed by atoms with Crippen LogP contribution in [0.4, 0.5) is 4.79 Å². The van der Waals surface area contributed by atoms with Gasteiger partial charge in [-0.05, 0) is 55.5 Å². The summed E-state index contributed by atoms with van der Waals surface area (Å²) in [5.41, 5.74) is 1.70. The van der Waals surface area contributed by atoms with Gasteiger partial charge in [-0.1, -0.05) is 72.8 Å². The van der Waals surface area contributed by atoms with E-state index in [9.17, 15) is 14.7 Å². The fourth-order valence-corrected chi connectivity index (χ4v) is 3.32. The SMILES string of the molecule is CC(C)(Oc1ccc(CC(Cc2ccccc2)NC(=O)OCc2ccccc2)cc1)C(=O)O. The lowest BCUT2D eigenvalue weighted by Gasteiger charge is -2.22. The Morgan fingerprint density at radius 3 is 1.88 bits per heavy atom. The molecule has 33 heavy (non-hydrogen) atoms. The van der Waals surface area contributed by atoms with E-state index in [0.717, 1.165) is 16.7 Å². The molecule has 0 aliphatic carbocycles. The third-order valence-electron chi connectivity index (χ3n) is 5.15. The van der Waals surface area contributed by atoms with Gasteiger partial charge in [-0.15, -0.1) is 0 Å². The van der Waals surface area contributed by atoms with E-state index in [0.29, 0.717) is 18.6 Å². The monoisotopic (exact) mass is 447 g/mol. The van der Waals surface area contributed by atoms with Crippen molar-refractivity contribution in [2.24, 2.45) is 0 Å². The number of hydrogen-bond donors (Lipinski definition) is 2. The zero-order valence-corrected chi connectivity index (χ0v) is 18.9. The van der Waals surface area contributed by atoms with Gasteiger partial charge in [0.2, 0.25) is 0 Å². The summed E-state index contributed by atoms with van der Waals surface area (Å²) in [6, 6.07) is 26.5. The van der Waals surface area contributed by atoms with Gasteiger partial charge < -0.3 is 19.9 Å². The average molecular weight is 448 g/mol. The predicted octanol–water partition coefficient (Wildman–Crippen LogP) is 5.01. The second-order valence-corrected chi connectivity index (χ2v) is 8.36. The minimum atomic E-state index is -1.32. The lowest BCUT2D eigenvalue weighted by atomic mass is 9.99. The first kappa shape index (κ1) is 23.9. The number of carboxylic acids is 1. The number of amides is 1. The third kappa shape index (κ3) is 7.68. The highest BCUT2D eigenvalue weighted by molar-refractivity contribution is 5.76. The number of hydrogen-bond acceptors (Lipinski definition) is 4. The minimum absolute atomic E-state index is 0.182. The second-order valence-electron chi connectivity index (χ2n) is 8.36. The van der Waals surface area contributed by atoms with Crippen molar-refractivity contribution in [2.75, 3.05) is 0 Å². The van der Waals surface area contributed by atoms with Crippen LogP contribution in [-0.2, 0) is 29.0 Å². The number of carbonyl (C=O) groups excluding carboxylic acids is 1. The standard InChI is InChI=1S/C27H29NO5/c1-27(2,25(29)30)33-24-15-13-21(14-16-24)18-23(17-20-9-5-3-6-10-20)28-26(31)32-19-22-11-7-4-8-12-22/h3-16,23H,17-19H2,1-2H3,(H,28,31)(H,29,30). The van der Waals surface area contributed by atoms with Crippen LogP contribution in [0.15, 0.2) is 84.9 Å². The van der Waals surface area contributed by atoms with E-state index in [-0.39, 0.29) is 12.6 Å². The van der Waals surface area contributed by atoms with E-state index in [1.807, 2.05) is 72.8 Å². The summed E-state index contributed by atoms with van der Waals surface area (Å²) < 4.78 is 11.0. The van der Waals surface area contributed by atoms with Crippen LogP contribution in [0, 0.1) is 0 Å². The Morgan fingerprint density at radius 1 is 0.818 bits per heavy atom. The summed E-state index contributed by atoms with van der Waals surface area (Å²) in [5.74, 6) is -0.561. The Morgan fingerprint density at radius 2 is 1.33 bits per heavy atom. The molecule has 0 bridgehead atoms. The zero-order chi connectivity index (χ0) is 23.7. The third-order valence-corrected chi connectivity index (χ3v) is 5.15. The molecule has 0 heterocycles. The summed E-state index contributed by atoms with van der Waals surface area (Å²) in [6.07, 6.45) is 0.756. The van der Waals surface area contributed by atoms with E-state index < -0.39 is 17.7 Å². The van der Waals surface area contributed by atoms with E-state index >= 15 is 0 Å². The van der Waals surface area contributed by atoms with E-state index in [2.05, 4.69) is 5.32 Å². The van der Waals surface area contributed by atoms with Crippen LogP contribution in [0.2, 0.25) is 0 Å². The number of alkyl carbamates (subject to hydrolysis) is 1. The lowest BCUT2D eigenvalue weighted by Crippen LogP contribution is -2.38. The molecular formula is C27H29NO5. The zero-order valence-electron chi connectivity index (χ0n) is 18.9. The molecule has 3 rings (SSSR count). The fraction of sp³-hybridized carbons (Fsp3) is 0.259. The van der Waals surface area contributed by atoms with Crippen molar-refractivity contribution in [1.82, 2.24) is 5.32 Å². The van der Waals surface area contributed by atoms with Crippen molar-refractivity contribution in [3.8, 4) is 5.75 Å². The average Bonchev–Trinajstić information content (AvgIpc) is 2.80. The molecule has 0 saturated carbocycles. The molecule has 3 aromatic rings. The number of carboxylic acid groups (broad SMARTS) is 1. The molecular weight excluding hydrogens is 418 g/mol. The molecule has 0 fully saturated rings. The Labute approximate surface area is 194 Å². The molecule has 1 amide bonds. The number of ether oxygens (including phenoxy) is 2. The molecule has 6 heteroatoms. The van der Waals surface area contributed by atoms with Crippen molar-refractivity contribution in [1.29, 1.82) is 0 Å². The number of rotatable bonds is 10. The fourth-order valence-electron chi connectivity index (χ4n) is 3.32. The molecule has 0 radical (unpaired) electrons. The largest absolute Gasteiger partial charge is 0.478 e. The summed E-state index contributed by atoms with van der Waals surface area (Å²) in [7, 11) is 0. The Balaban J connectivity index is 1.65. The van der Waals surface area contributed by atoms with Gasteiger partial charge in [-0.25, -0.2) is 9.59 Å². The van der Waals surface area contributed by atoms with Crippen LogP contribution >= 0.6 is 0 Å². The quantitative estimate of drug-likeness (QED) is 0.456. The lowest BCUT2D eigenvalue weighted by molar-refractivity contribution is -0.152. The van der Waals surface area contributed by atoms with Gasteiger partial charge in [-0.3, -0.25) is 0 Å². The molecule has 0 aliphatic heterocycles. The first-order chi connectivity index (χ1) is 15.8. The highest BCUT2D eigenvalue weighted by Crippen LogP contribution is 2.20. The van der Waals surface area contributed by atoms with Gasteiger partial charge in [0.05, 0.1) is 0 Å². The number of carbonyl (C=O) groups is 2. The number of nitrogens with one attached hydrogen (secondary N) is 1. The van der Waals surface area contributed by atoms with Crippen molar-refractivity contribution in [2.45, 2.75) is 44.9 Å². The predicted molar refractivity (Wildman–Crippen MR) is 126 cm³/mol. The molecule has 2 N–H and O–H groups in total. The molecule has 0 spiro atoms. The van der Waals surface area contributed by atoms with Gasteiger partial charge in [0, 0.05) is 6.04 Å². The van der Waals surface area contributed by atoms with Gasteiger partial charge in [0.1, 0.15) is 12.4 Å². The van der Waals surface area contributed by atoms with Crippen LogP contribution in [0.25, 0.3) is 0 Å². The molecule has 3 aromatic carbocycles. The first-order valence-corrected chi connectivity index (χ1v) is 10.8. The Hall–Kier alpha value is -3.80. The topological polar surface area (TPSA) is 84.9 Å².